The molecule has 0 aliphatic carbocycles. The normalized spacial score (nSPS) is 18.1. The second-order valence-electron chi connectivity index (χ2n) is 3.17. The molecule has 0 N–H and O–H groups in total. The van der Waals surface area contributed by atoms with Crippen molar-refractivity contribution in [2.24, 2.45) is 10.4 Å². The van der Waals surface area contributed by atoms with Gasteiger partial charge in [-0.25, -0.2) is 0 Å². The number of hydrogen-bond acceptors (Lipinski definition) is 2. The molecular formula is C11H19NO. The van der Waals surface area contributed by atoms with Crippen molar-refractivity contribution in [3.63, 3.8) is 0 Å². The highest BCUT2D eigenvalue weighted by Gasteiger charge is 2.12. The van der Waals surface area contributed by atoms with Gasteiger partial charge in [-0.3, -0.25) is 4.99 Å². The molecule has 0 unspecified atom stereocenters. The SMILES string of the molecule is CC.COC1=CC(C)(C)C=CN=C1. The van der Waals surface area contributed by atoms with Crippen molar-refractivity contribution in [2.45, 2.75) is 27.7 Å². The number of allylic oxidation sites excluding steroid dienone is 3. The first-order valence-electron chi connectivity index (χ1n) is 4.62. The van der Waals surface area contributed by atoms with Crippen molar-refractivity contribution in [2.75, 3.05) is 7.11 Å². The van der Waals surface area contributed by atoms with Crippen molar-refractivity contribution < 1.29 is 4.74 Å². The van der Waals surface area contributed by atoms with Gasteiger partial charge in [-0.05, 0) is 6.08 Å². The Balaban J connectivity index is 0.000000671. The summed E-state index contributed by atoms with van der Waals surface area (Å²) in [5.74, 6) is 0.819. The summed E-state index contributed by atoms with van der Waals surface area (Å²) in [5.41, 5.74) is 0.0435. The molecule has 1 heterocycles. The lowest BCUT2D eigenvalue weighted by atomic mass is 9.93. The Morgan fingerprint density at radius 1 is 1.31 bits per heavy atom. The van der Waals surface area contributed by atoms with Crippen molar-refractivity contribution >= 4 is 6.21 Å². The third-order valence-corrected chi connectivity index (χ3v) is 1.54. The van der Waals surface area contributed by atoms with Gasteiger partial charge >= 0.3 is 0 Å². The molecule has 0 atom stereocenters. The van der Waals surface area contributed by atoms with Crippen LogP contribution in [0.3, 0.4) is 0 Å². The highest BCUT2D eigenvalue weighted by molar-refractivity contribution is 5.77. The van der Waals surface area contributed by atoms with E-state index in [0.717, 1.165) is 5.76 Å². The summed E-state index contributed by atoms with van der Waals surface area (Å²) in [7, 11) is 1.65. The van der Waals surface area contributed by atoms with E-state index in [-0.39, 0.29) is 5.41 Å². The van der Waals surface area contributed by atoms with Crippen LogP contribution in [0.4, 0.5) is 0 Å². The topological polar surface area (TPSA) is 21.6 Å². The molecule has 0 saturated heterocycles. The van der Waals surface area contributed by atoms with Crippen LogP contribution in [0, 0.1) is 5.41 Å². The first-order chi connectivity index (χ1) is 6.14. The van der Waals surface area contributed by atoms with Crippen LogP contribution in [0.5, 0.6) is 0 Å². The molecule has 2 nitrogen and oxygen atoms in total. The molecule has 1 aliphatic rings. The minimum Gasteiger partial charge on any atom is -0.495 e. The second-order valence-corrected chi connectivity index (χ2v) is 3.17. The largest absolute Gasteiger partial charge is 0.495 e. The van der Waals surface area contributed by atoms with Gasteiger partial charge in [-0.1, -0.05) is 33.8 Å². The number of hydrogen-bond donors (Lipinski definition) is 0. The molecule has 2 heteroatoms. The van der Waals surface area contributed by atoms with E-state index >= 15 is 0 Å². The molecule has 0 spiro atoms. The second kappa shape index (κ2) is 5.57. The highest BCUT2D eigenvalue weighted by Crippen LogP contribution is 2.22. The summed E-state index contributed by atoms with van der Waals surface area (Å²) >= 11 is 0. The van der Waals surface area contributed by atoms with Crippen LogP contribution in [0.25, 0.3) is 0 Å². The molecule has 0 saturated carbocycles. The van der Waals surface area contributed by atoms with Gasteiger partial charge in [0.05, 0.1) is 13.3 Å². The standard InChI is InChI=1S/C9H13NO.C2H6/c1-9(2)4-5-10-7-8(6-9)11-3;1-2/h4-7H,1-3H3;1-2H3. The van der Waals surface area contributed by atoms with Crippen molar-refractivity contribution in [3.8, 4) is 0 Å². The van der Waals surface area contributed by atoms with Gasteiger partial charge in [-0.2, -0.15) is 0 Å². The average molecular weight is 181 g/mol. The summed E-state index contributed by atoms with van der Waals surface area (Å²) in [6.07, 6.45) is 7.59. The molecule has 1 rings (SSSR count). The highest BCUT2D eigenvalue weighted by atomic mass is 16.5. The average Bonchev–Trinajstić information content (AvgIpc) is 2.29. The fraction of sp³-hybridized carbons (Fsp3) is 0.545. The van der Waals surface area contributed by atoms with Crippen LogP contribution in [0.15, 0.2) is 29.1 Å². The minimum absolute atomic E-state index is 0.0435. The lowest BCUT2D eigenvalue weighted by molar-refractivity contribution is 0.311. The number of aliphatic imine (C=N–C) groups is 1. The Kier molecular flexibility index (Phi) is 5.12. The summed E-state index contributed by atoms with van der Waals surface area (Å²) in [6.45, 7) is 8.22. The number of nitrogens with zero attached hydrogens (tertiary/aromatic N) is 1. The molecule has 0 radical (unpaired) electrons. The number of methoxy groups -OCH3 is 1. The van der Waals surface area contributed by atoms with E-state index < -0.39 is 0 Å². The lowest BCUT2D eigenvalue weighted by Crippen LogP contribution is -2.03. The maximum atomic E-state index is 5.08. The van der Waals surface area contributed by atoms with Gasteiger partial charge in [0.25, 0.3) is 0 Å². The van der Waals surface area contributed by atoms with Crippen molar-refractivity contribution in [3.05, 3.63) is 24.1 Å². The molecule has 1 aliphatic heterocycles. The maximum Gasteiger partial charge on any atom is 0.133 e. The fourth-order valence-electron chi connectivity index (χ4n) is 0.915. The zero-order valence-electron chi connectivity index (χ0n) is 9.16. The summed E-state index contributed by atoms with van der Waals surface area (Å²) < 4.78 is 5.08. The lowest BCUT2D eigenvalue weighted by Gasteiger charge is -2.13. The van der Waals surface area contributed by atoms with E-state index in [9.17, 15) is 0 Å². The Hall–Kier alpha value is -1.05. The van der Waals surface area contributed by atoms with Gasteiger partial charge < -0.3 is 4.74 Å². The van der Waals surface area contributed by atoms with Crippen LogP contribution in [0.1, 0.15) is 27.7 Å². The van der Waals surface area contributed by atoms with E-state index in [1.54, 1.807) is 19.5 Å². The fourth-order valence-corrected chi connectivity index (χ4v) is 0.915. The molecule has 0 fully saturated rings. The van der Waals surface area contributed by atoms with Crippen LogP contribution in [0.2, 0.25) is 0 Å². The first-order valence-corrected chi connectivity index (χ1v) is 4.62. The Morgan fingerprint density at radius 3 is 2.46 bits per heavy atom. The molecular weight excluding hydrogens is 162 g/mol. The van der Waals surface area contributed by atoms with Crippen molar-refractivity contribution in [1.29, 1.82) is 0 Å². The Labute approximate surface area is 81.0 Å². The summed E-state index contributed by atoms with van der Waals surface area (Å²) in [6, 6.07) is 0. The third-order valence-electron chi connectivity index (χ3n) is 1.54. The Bertz CT molecular complexity index is 224. The smallest absolute Gasteiger partial charge is 0.133 e. The molecule has 0 aromatic heterocycles. The number of ether oxygens (including phenoxy) is 1. The van der Waals surface area contributed by atoms with E-state index in [1.807, 2.05) is 26.0 Å². The van der Waals surface area contributed by atoms with Gasteiger partial charge in [0, 0.05) is 11.6 Å². The molecule has 0 aromatic rings. The van der Waals surface area contributed by atoms with Gasteiger partial charge in [0.2, 0.25) is 0 Å². The molecule has 74 valence electrons. The minimum atomic E-state index is 0.0435. The van der Waals surface area contributed by atoms with E-state index in [0.29, 0.717) is 0 Å². The predicted molar refractivity (Wildman–Crippen MR) is 57.9 cm³/mol. The molecule has 0 amide bonds. The number of rotatable bonds is 1. The monoisotopic (exact) mass is 181 g/mol. The first kappa shape index (κ1) is 11.9. The van der Waals surface area contributed by atoms with Gasteiger partial charge in [-0.15, -0.1) is 0 Å². The van der Waals surface area contributed by atoms with E-state index in [2.05, 4.69) is 18.8 Å². The molecule has 0 aromatic carbocycles. The molecule has 13 heavy (non-hydrogen) atoms. The van der Waals surface area contributed by atoms with Crippen LogP contribution in [-0.2, 0) is 4.74 Å². The predicted octanol–water partition coefficient (Wildman–Crippen LogP) is 3.17. The van der Waals surface area contributed by atoms with Gasteiger partial charge in [0.1, 0.15) is 5.76 Å². The zero-order chi connectivity index (χ0) is 10.3. The zero-order valence-corrected chi connectivity index (χ0v) is 9.16. The summed E-state index contributed by atoms with van der Waals surface area (Å²) in [5, 5.41) is 0. The van der Waals surface area contributed by atoms with Gasteiger partial charge in [0.15, 0.2) is 0 Å². The van der Waals surface area contributed by atoms with E-state index in [4.69, 9.17) is 4.74 Å². The molecule has 0 bridgehead atoms. The maximum absolute atomic E-state index is 5.08. The quantitative estimate of drug-likeness (QED) is 0.609. The van der Waals surface area contributed by atoms with Crippen LogP contribution < -0.4 is 0 Å². The van der Waals surface area contributed by atoms with Crippen LogP contribution in [-0.4, -0.2) is 13.3 Å². The van der Waals surface area contributed by atoms with E-state index in [1.165, 1.54) is 0 Å². The third kappa shape index (κ3) is 4.51. The summed E-state index contributed by atoms with van der Waals surface area (Å²) in [4.78, 5) is 4.02. The van der Waals surface area contributed by atoms with Crippen LogP contribution >= 0.6 is 0 Å². The van der Waals surface area contributed by atoms with Crippen molar-refractivity contribution in [1.82, 2.24) is 0 Å². The Morgan fingerprint density at radius 2 is 1.92 bits per heavy atom.